The van der Waals surface area contributed by atoms with Gasteiger partial charge in [-0.15, -0.1) is 0 Å². The van der Waals surface area contributed by atoms with Gasteiger partial charge in [0.1, 0.15) is 0 Å². The highest BCUT2D eigenvalue weighted by molar-refractivity contribution is 5.77. The Kier molecular flexibility index (Phi) is 2.75. The second-order valence-corrected chi connectivity index (χ2v) is 4.53. The number of carbonyl (C=O) groups is 1. The van der Waals surface area contributed by atoms with Crippen molar-refractivity contribution in [2.75, 3.05) is 31.1 Å². The molecular formula is C11H16N6O. The standard InChI is InChI=1S/C11H16N6O/c12-5-8-1-2-13-10(15-8)16-3-4-17-9(7-16)6-14-11(17)18/h1-2,9H,3-7,12H2,(H,14,18). The topological polar surface area (TPSA) is 87.4 Å². The fourth-order valence-electron chi connectivity index (χ4n) is 2.44. The summed E-state index contributed by atoms with van der Waals surface area (Å²) >= 11 is 0. The summed E-state index contributed by atoms with van der Waals surface area (Å²) in [5.41, 5.74) is 6.42. The molecule has 2 saturated heterocycles. The number of aromatic nitrogens is 2. The van der Waals surface area contributed by atoms with Gasteiger partial charge in [-0.25, -0.2) is 14.8 Å². The van der Waals surface area contributed by atoms with Crippen molar-refractivity contribution in [3.63, 3.8) is 0 Å². The van der Waals surface area contributed by atoms with Gasteiger partial charge in [-0.05, 0) is 6.07 Å². The molecule has 96 valence electrons. The van der Waals surface area contributed by atoms with Crippen molar-refractivity contribution in [3.8, 4) is 0 Å². The SMILES string of the molecule is NCc1ccnc(N2CCN3C(=O)NCC3C2)n1. The third kappa shape index (κ3) is 1.86. The van der Waals surface area contributed by atoms with Crippen LogP contribution in [0.1, 0.15) is 5.69 Å². The molecule has 1 aromatic heterocycles. The lowest BCUT2D eigenvalue weighted by molar-refractivity contribution is 0.197. The number of rotatable bonds is 2. The minimum Gasteiger partial charge on any atom is -0.337 e. The molecule has 2 fully saturated rings. The van der Waals surface area contributed by atoms with E-state index >= 15 is 0 Å². The molecule has 0 aromatic carbocycles. The van der Waals surface area contributed by atoms with E-state index in [1.165, 1.54) is 0 Å². The molecule has 3 N–H and O–H groups in total. The average molecular weight is 248 g/mol. The van der Waals surface area contributed by atoms with E-state index in [0.717, 1.165) is 18.8 Å². The summed E-state index contributed by atoms with van der Waals surface area (Å²) in [6.45, 7) is 3.36. The Morgan fingerprint density at radius 2 is 2.39 bits per heavy atom. The summed E-state index contributed by atoms with van der Waals surface area (Å²) < 4.78 is 0. The van der Waals surface area contributed by atoms with Gasteiger partial charge >= 0.3 is 6.03 Å². The lowest BCUT2D eigenvalue weighted by atomic mass is 10.2. The number of nitrogens with one attached hydrogen (secondary N) is 1. The van der Waals surface area contributed by atoms with Gasteiger partial charge in [0.05, 0.1) is 11.7 Å². The molecule has 7 nitrogen and oxygen atoms in total. The number of urea groups is 1. The third-order valence-corrected chi connectivity index (χ3v) is 3.43. The zero-order valence-electron chi connectivity index (χ0n) is 10.0. The Labute approximate surface area is 105 Å². The fourth-order valence-corrected chi connectivity index (χ4v) is 2.44. The smallest absolute Gasteiger partial charge is 0.317 e. The van der Waals surface area contributed by atoms with E-state index in [4.69, 9.17) is 5.73 Å². The minimum absolute atomic E-state index is 0.0382. The minimum atomic E-state index is 0.0382. The Morgan fingerprint density at radius 3 is 3.22 bits per heavy atom. The van der Waals surface area contributed by atoms with Crippen LogP contribution in [-0.4, -0.2) is 53.1 Å². The molecule has 3 heterocycles. The zero-order valence-corrected chi connectivity index (χ0v) is 10.0. The highest BCUT2D eigenvalue weighted by Gasteiger charge is 2.36. The molecule has 2 aliphatic rings. The molecule has 18 heavy (non-hydrogen) atoms. The normalized spacial score (nSPS) is 22.9. The molecule has 2 aliphatic heterocycles. The molecule has 1 aromatic rings. The summed E-state index contributed by atoms with van der Waals surface area (Å²) in [5, 5.41) is 2.86. The van der Waals surface area contributed by atoms with Crippen LogP contribution in [0.4, 0.5) is 10.7 Å². The van der Waals surface area contributed by atoms with Crippen molar-refractivity contribution in [3.05, 3.63) is 18.0 Å². The summed E-state index contributed by atoms with van der Waals surface area (Å²) in [7, 11) is 0. The van der Waals surface area contributed by atoms with E-state index in [9.17, 15) is 4.79 Å². The van der Waals surface area contributed by atoms with Crippen LogP contribution in [0.3, 0.4) is 0 Å². The van der Waals surface area contributed by atoms with Crippen LogP contribution in [0.5, 0.6) is 0 Å². The molecule has 2 amide bonds. The molecule has 0 aliphatic carbocycles. The highest BCUT2D eigenvalue weighted by Crippen LogP contribution is 2.18. The molecule has 0 spiro atoms. The Morgan fingerprint density at radius 1 is 1.50 bits per heavy atom. The molecule has 0 bridgehead atoms. The largest absolute Gasteiger partial charge is 0.337 e. The highest BCUT2D eigenvalue weighted by atomic mass is 16.2. The first kappa shape index (κ1) is 11.2. The summed E-state index contributed by atoms with van der Waals surface area (Å²) in [6, 6.07) is 2.08. The third-order valence-electron chi connectivity index (χ3n) is 3.43. The molecule has 1 atom stereocenters. The van der Waals surface area contributed by atoms with E-state index in [1.807, 2.05) is 11.0 Å². The van der Waals surface area contributed by atoms with Crippen LogP contribution in [0.25, 0.3) is 0 Å². The maximum Gasteiger partial charge on any atom is 0.317 e. The van der Waals surface area contributed by atoms with E-state index < -0.39 is 0 Å². The van der Waals surface area contributed by atoms with Crippen LogP contribution in [0.15, 0.2) is 12.3 Å². The van der Waals surface area contributed by atoms with Crippen molar-refractivity contribution in [2.24, 2.45) is 5.73 Å². The quantitative estimate of drug-likeness (QED) is 0.712. The Hall–Kier alpha value is -1.89. The van der Waals surface area contributed by atoms with E-state index in [2.05, 4.69) is 20.2 Å². The van der Waals surface area contributed by atoms with Gasteiger partial charge < -0.3 is 20.9 Å². The first-order chi connectivity index (χ1) is 8.78. The first-order valence-electron chi connectivity index (χ1n) is 6.09. The van der Waals surface area contributed by atoms with Crippen LogP contribution in [-0.2, 0) is 6.54 Å². The number of hydrogen-bond donors (Lipinski definition) is 2. The monoisotopic (exact) mass is 248 g/mol. The molecular weight excluding hydrogens is 232 g/mol. The van der Waals surface area contributed by atoms with Crippen LogP contribution >= 0.6 is 0 Å². The second kappa shape index (κ2) is 4.41. The van der Waals surface area contributed by atoms with E-state index in [0.29, 0.717) is 25.6 Å². The summed E-state index contributed by atoms with van der Waals surface area (Å²) in [5.74, 6) is 0.706. The average Bonchev–Trinajstić information content (AvgIpc) is 2.80. The summed E-state index contributed by atoms with van der Waals surface area (Å²) in [4.78, 5) is 24.2. The Balaban J connectivity index is 1.76. The van der Waals surface area contributed by atoms with E-state index in [1.54, 1.807) is 6.20 Å². The number of fused-ring (bicyclic) bond motifs is 1. The number of anilines is 1. The van der Waals surface area contributed by atoms with Crippen molar-refractivity contribution in [1.82, 2.24) is 20.2 Å². The molecule has 1 unspecified atom stereocenters. The van der Waals surface area contributed by atoms with Crippen molar-refractivity contribution in [1.29, 1.82) is 0 Å². The zero-order chi connectivity index (χ0) is 12.5. The molecule has 0 saturated carbocycles. The number of nitrogens with zero attached hydrogens (tertiary/aromatic N) is 4. The predicted molar refractivity (Wildman–Crippen MR) is 66.0 cm³/mol. The van der Waals surface area contributed by atoms with Gasteiger partial charge in [-0.1, -0.05) is 0 Å². The van der Waals surface area contributed by atoms with Gasteiger partial charge in [0.25, 0.3) is 0 Å². The van der Waals surface area contributed by atoms with Crippen molar-refractivity contribution in [2.45, 2.75) is 12.6 Å². The maximum atomic E-state index is 11.5. The second-order valence-electron chi connectivity index (χ2n) is 4.53. The van der Waals surface area contributed by atoms with Crippen LogP contribution in [0.2, 0.25) is 0 Å². The van der Waals surface area contributed by atoms with Gasteiger partial charge in [0, 0.05) is 38.9 Å². The lowest BCUT2D eigenvalue weighted by Crippen LogP contribution is -2.52. The molecule has 3 rings (SSSR count). The predicted octanol–water partition coefficient (Wildman–Crippen LogP) is -0.851. The van der Waals surface area contributed by atoms with Crippen molar-refractivity contribution < 1.29 is 4.79 Å². The number of carbonyl (C=O) groups excluding carboxylic acids is 1. The summed E-state index contributed by atoms with van der Waals surface area (Å²) in [6.07, 6.45) is 1.73. The number of hydrogen-bond acceptors (Lipinski definition) is 5. The van der Waals surface area contributed by atoms with Crippen LogP contribution < -0.4 is 16.0 Å². The van der Waals surface area contributed by atoms with Gasteiger partial charge in [-0.2, -0.15) is 0 Å². The number of piperazine rings is 1. The Bertz CT molecular complexity index is 465. The van der Waals surface area contributed by atoms with Crippen LogP contribution in [0, 0.1) is 0 Å². The number of amides is 2. The van der Waals surface area contributed by atoms with E-state index in [-0.39, 0.29) is 12.1 Å². The number of nitrogens with two attached hydrogens (primary N) is 1. The van der Waals surface area contributed by atoms with Gasteiger partial charge in [0.15, 0.2) is 0 Å². The molecule has 0 radical (unpaired) electrons. The first-order valence-corrected chi connectivity index (χ1v) is 6.09. The maximum absolute atomic E-state index is 11.5. The van der Waals surface area contributed by atoms with Gasteiger partial charge in [0.2, 0.25) is 5.95 Å². The van der Waals surface area contributed by atoms with Gasteiger partial charge in [-0.3, -0.25) is 0 Å². The molecule has 7 heteroatoms. The fraction of sp³-hybridized carbons (Fsp3) is 0.545. The van der Waals surface area contributed by atoms with Crippen molar-refractivity contribution >= 4 is 12.0 Å². The lowest BCUT2D eigenvalue weighted by Gasteiger charge is -2.36.